The molecule has 2 heterocycles. The number of thiazole rings is 2. The first kappa shape index (κ1) is 17.1. The molecule has 0 spiro atoms. The molecule has 0 aliphatic rings. The molecule has 0 aliphatic carbocycles. The van der Waals surface area contributed by atoms with E-state index in [0.717, 1.165) is 21.4 Å². The Hall–Kier alpha value is -2.30. The Balaban J connectivity index is 1.69. The van der Waals surface area contributed by atoms with Crippen molar-refractivity contribution in [3.8, 4) is 32.5 Å². The Morgan fingerprint density at radius 1 is 0.731 bits per heavy atom. The van der Waals surface area contributed by atoms with Crippen LogP contribution in [-0.2, 0) is 0 Å². The van der Waals surface area contributed by atoms with E-state index in [1.807, 2.05) is 0 Å². The van der Waals surface area contributed by atoms with Gasteiger partial charge in [-0.15, -0.1) is 22.7 Å². The molecule has 0 saturated heterocycles. The molecule has 4 rings (SSSR count). The van der Waals surface area contributed by atoms with E-state index in [-0.39, 0.29) is 0 Å². The van der Waals surface area contributed by atoms with Crippen LogP contribution in [0.2, 0.25) is 0 Å². The zero-order chi connectivity index (χ0) is 18.3. The monoisotopic (exact) mass is 376 g/mol. The second-order valence-electron chi connectivity index (χ2n) is 6.63. The van der Waals surface area contributed by atoms with Crippen LogP contribution in [0.5, 0.6) is 0 Å². The minimum absolute atomic E-state index is 0.990. The summed E-state index contributed by atoms with van der Waals surface area (Å²) in [5.74, 6) is 0. The maximum absolute atomic E-state index is 4.89. The highest BCUT2D eigenvalue weighted by atomic mass is 32.1. The highest BCUT2D eigenvalue weighted by Gasteiger charge is 2.15. The normalized spacial score (nSPS) is 11.1. The summed E-state index contributed by atoms with van der Waals surface area (Å²) in [7, 11) is 0. The maximum Gasteiger partial charge on any atom is 0.153 e. The van der Waals surface area contributed by atoms with Crippen LogP contribution in [0, 0.1) is 27.7 Å². The Bertz CT molecular complexity index is 1070. The van der Waals surface area contributed by atoms with Gasteiger partial charge in [0, 0.05) is 21.4 Å². The molecule has 0 amide bonds. The van der Waals surface area contributed by atoms with Gasteiger partial charge in [0.05, 0.1) is 11.4 Å². The molecule has 0 unspecified atom stereocenters. The van der Waals surface area contributed by atoms with Crippen molar-refractivity contribution in [3.05, 3.63) is 69.4 Å². The topological polar surface area (TPSA) is 25.8 Å². The van der Waals surface area contributed by atoms with Gasteiger partial charge in [0.2, 0.25) is 0 Å². The molecule has 2 aromatic carbocycles. The first-order chi connectivity index (χ1) is 12.5. The lowest BCUT2D eigenvalue weighted by atomic mass is 10.1. The molecule has 0 N–H and O–H groups in total. The van der Waals surface area contributed by atoms with Gasteiger partial charge in [-0.25, -0.2) is 9.97 Å². The van der Waals surface area contributed by atoms with Crippen LogP contribution in [0.15, 0.2) is 47.8 Å². The van der Waals surface area contributed by atoms with Crippen LogP contribution >= 0.6 is 22.7 Å². The summed E-state index contributed by atoms with van der Waals surface area (Å²) in [6, 6.07) is 15.1. The smallest absolute Gasteiger partial charge is 0.153 e. The second kappa shape index (κ2) is 6.78. The number of nitrogens with zero attached hydrogens (tertiary/aromatic N) is 2. The molecule has 0 atom stereocenters. The van der Waals surface area contributed by atoms with Crippen LogP contribution in [0.25, 0.3) is 32.5 Å². The van der Waals surface area contributed by atoms with E-state index in [9.17, 15) is 0 Å². The number of aromatic nitrogens is 2. The van der Waals surface area contributed by atoms with Crippen molar-refractivity contribution in [2.75, 3.05) is 0 Å². The van der Waals surface area contributed by atoms with Crippen molar-refractivity contribution in [2.24, 2.45) is 0 Å². The number of hydrogen-bond donors (Lipinski definition) is 0. The first-order valence-corrected chi connectivity index (χ1v) is 10.3. The summed E-state index contributed by atoms with van der Waals surface area (Å²) >= 11 is 3.38. The molecule has 0 radical (unpaired) electrons. The fourth-order valence-electron chi connectivity index (χ4n) is 2.87. The van der Waals surface area contributed by atoms with Gasteiger partial charge in [0.25, 0.3) is 0 Å². The molecule has 2 aromatic heterocycles. The lowest BCUT2D eigenvalue weighted by Gasteiger charge is -2.02. The third-order valence-electron chi connectivity index (χ3n) is 4.61. The van der Waals surface area contributed by atoms with Gasteiger partial charge in [0.1, 0.15) is 0 Å². The summed E-state index contributed by atoms with van der Waals surface area (Å²) in [6.07, 6.45) is 0. The van der Waals surface area contributed by atoms with Crippen molar-refractivity contribution in [1.82, 2.24) is 9.97 Å². The molecule has 26 heavy (non-hydrogen) atoms. The Morgan fingerprint density at radius 3 is 2.19 bits per heavy atom. The van der Waals surface area contributed by atoms with Crippen LogP contribution < -0.4 is 0 Å². The lowest BCUT2D eigenvalue weighted by molar-refractivity contribution is 1.31. The molecular formula is C22H20N2S2. The Morgan fingerprint density at radius 2 is 1.46 bits per heavy atom. The number of rotatable bonds is 3. The summed E-state index contributed by atoms with van der Waals surface area (Å²) in [4.78, 5) is 11.0. The molecule has 4 heteroatoms. The maximum atomic E-state index is 4.89. The Kier molecular flexibility index (Phi) is 4.47. The quantitative estimate of drug-likeness (QED) is 0.391. The minimum atomic E-state index is 0.990. The number of benzene rings is 2. The highest BCUT2D eigenvalue weighted by Crippen LogP contribution is 2.36. The average Bonchev–Trinajstić information content (AvgIpc) is 3.25. The molecule has 0 bridgehead atoms. The molecular weight excluding hydrogens is 356 g/mol. The minimum Gasteiger partial charge on any atom is -0.233 e. The fourth-order valence-corrected chi connectivity index (χ4v) is 4.67. The second-order valence-corrected chi connectivity index (χ2v) is 8.69. The van der Waals surface area contributed by atoms with E-state index in [0.29, 0.717) is 0 Å². The van der Waals surface area contributed by atoms with Gasteiger partial charge >= 0.3 is 0 Å². The number of aryl methyl sites for hydroxylation is 4. The predicted octanol–water partition coefficient (Wildman–Crippen LogP) is 6.83. The van der Waals surface area contributed by atoms with Crippen LogP contribution in [-0.4, -0.2) is 9.97 Å². The van der Waals surface area contributed by atoms with Gasteiger partial charge < -0.3 is 0 Å². The summed E-state index contributed by atoms with van der Waals surface area (Å²) in [5.41, 5.74) is 8.29. The largest absolute Gasteiger partial charge is 0.233 e. The van der Waals surface area contributed by atoms with Gasteiger partial charge in [-0.05, 0) is 44.9 Å². The van der Waals surface area contributed by atoms with E-state index in [4.69, 9.17) is 9.97 Å². The van der Waals surface area contributed by atoms with Gasteiger partial charge in [-0.3, -0.25) is 0 Å². The molecule has 2 nitrogen and oxygen atoms in total. The summed E-state index contributed by atoms with van der Waals surface area (Å²) < 4.78 is 0. The van der Waals surface area contributed by atoms with Crippen LogP contribution in [0.3, 0.4) is 0 Å². The van der Waals surface area contributed by atoms with Crippen LogP contribution in [0.4, 0.5) is 0 Å². The van der Waals surface area contributed by atoms with Crippen molar-refractivity contribution in [2.45, 2.75) is 27.7 Å². The molecule has 0 saturated carbocycles. The van der Waals surface area contributed by atoms with Gasteiger partial charge in [-0.1, -0.05) is 42.0 Å². The molecule has 0 fully saturated rings. The SMILES string of the molecule is Cc1ccc(-c2nc(-c3nc(-c4ccc(C)c(C)c4)cs3)sc2C)cc1. The predicted molar refractivity (Wildman–Crippen MR) is 113 cm³/mol. The van der Waals surface area contributed by atoms with Crippen molar-refractivity contribution >= 4 is 22.7 Å². The van der Waals surface area contributed by atoms with Crippen LogP contribution in [0.1, 0.15) is 21.6 Å². The highest BCUT2D eigenvalue weighted by molar-refractivity contribution is 7.21. The van der Waals surface area contributed by atoms with E-state index in [1.54, 1.807) is 22.7 Å². The zero-order valence-corrected chi connectivity index (χ0v) is 17.0. The van der Waals surface area contributed by atoms with E-state index in [2.05, 4.69) is 75.5 Å². The van der Waals surface area contributed by atoms with E-state index >= 15 is 0 Å². The average molecular weight is 377 g/mol. The van der Waals surface area contributed by atoms with Crippen molar-refractivity contribution in [1.29, 1.82) is 0 Å². The van der Waals surface area contributed by atoms with Crippen molar-refractivity contribution in [3.63, 3.8) is 0 Å². The summed E-state index contributed by atoms with van der Waals surface area (Å²) in [6.45, 7) is 8.52. The van der Waals surface area contributed by atoms with E-state index in [1.165, 1.54) is 32.7 Å². The molecule has 4 aromatic rings. The first-order valence-electron chi connectivity index (χ1n) is 8.59. The summed E-state index contributed by atoms with van der Waals surface area (Å²) in [5, 5.41) is 4.12. The molecule has 130 valence electrons. The van der Waals surface area contributed by atoms with E-state index < -0.39 is 0 Å². The molecule has 0 aliphatic heterocycles. The van der Waals surface area contributed by atoms with Gasteiger partial charge in [-0.2, -0.15) is 0 Å². The lowest BCUT2D eigenvalue weighted by Crippen LogP contribution is -1.84. The van der Waals surface area contributed by atoms with Crippen molar-refractivity contribution < 1.29 is 0 Å². The fraction of sp³-hybridized carbons (Fsp3) is 0.182. The standard InChI is InChI=1S/C22H20N2S2/c1-13-5-8-17(9-6-13)20-16(4)26-22(24-20)21-23-19(12-25-21)18-10-7-14(2)15(3)11-18/h5-12H,1-4H3. The van der Waals surface area contributed by atoms with Gasteiger partial charge in [0.15, 0.2) is 10.0 Å². The number of hydrogen-bond acceptors (Lipinski definition) is 4. The third kappa shape index (κ3) is 3.22. The third-order valence-corrected chi connectivity index (χ3v) is 6.57. The zero-order valence-electron chi connectivity index (χ0n) is 15.3. The Labute approximate surface area is 162 Å².